The number of para-hydroxylation sites is 1. The van der Waals surface area contributed by atoms with Crippen molar-refractivity contribution in [3.8, 4) is 51.3 Å². The van der Waals surface area contributed by atoms with Crippen LogP contribution >= 0.6 is 0 Å². The number of carboxylic acid groups (broad SMARTS) is 1. The number of hydrogen-bond acceptors (Lipinski definition) is 6. The maximum absolute atomic E-state index is 11.9. The molecule has 5 aromatic carbocycles. The fourth-order valence-electron chi connectivity index (χ4n) is 5.44. The van der Waals surface area contributed by atoms with Gasteiger partial charge in [0.1, 0.15) is 47.6 Å². The van der Waals surface area contributed by atoms with Gasteiger partial charge in [-0.25, -0.2) is 9.78 Å². The zero-order valence-electron chi connectivity index (χ0n) is 26.3. The summed E-state index contributed by atoms with van der Waals surface area (Å²) in [6, 6.07) is 38.3. The number of ether oxygens (including phenoxy) is 4. The normalized spacial score (nSPS) is 10.8. The lowest BCUT2D eigenvalue weighted by molar-refractivity contribution is 0.0693. The van der Waals surface area contributed by atoms with Crippen molar-refractivity contribution < 1.29 is 28.8 Å². The third-order valence-electron chi connectivity index (χ3n) is 7.83. The van der Waals surface area contributed by atoms with Crippen molar-refractivity contribution in [3.05, 3.63) is 144 Å². The second-order valence-electron chi connectivity index (χ2n) is 10.8. The molecule has 0 saturated carbocycles. The Balaban J connectivity index is 1.52. The SMILES string of the molecule is COc1ccc(OCc2ccccc2)c(-c2nc(-c3ccccc3OCc3ccccc3)n(-c3ccc(C(=O)O)c(OC)c3)c2C)c1. The van der Waals surface area contributed by atoms with E-state index in [1.165, 1.54) is 13.2 Å². The fourth-order valence-corrected chi connectivity index (χ4v) is 5.44. The van der Waals surface area contributed by atoms with Crippen LogP contribution in [0.5, 0.6) is 23.0 Å². The molecule has 0 atom stereocenters. The number of aromatic nitrogens is 2. The molecule has 0 saturated heterocycles. The highest BCUT2D eigenvalue weighted by molar-refractivity contribution is 5.91. The Morgan fingerprint density at radius 2 is 1.30 bits per heavy atom. The maximum atomic E-state index is 11.9. The van der Waals surface area contributed by atoms with Crippen molar-refractivity contribution in [2.45, 2.75) is 20.1 Å². The predicted molar refractivity (Wildman–Crippen MR) is 181 cm³/mol. The average Bonchev–Trinajstić information content (AvgIpc) is 3.46. The van der Waals surface area contributed by atoms with Crippen molar-refractivity contribution >= 4 is 5.97 Å². The van der Waals surface area contributed by atoms with Crippen molar-refractivity contribution in [2.24, 2.45) is 0 Å². The van der Waals surface area contributed by atoms with Gasteiger partial charge in [-0.05, 0) is 60.5 Å². The molecule has 6 aromatic rings. The van der Waals surface area contributed by atoms with Crippen LogP contribution in [0.25, 0.3) is 28.3 Å². The summed E-state index contributed by atoms with van der Waals surface area (Å²) in [5.74, 6) is 1.70. The summed E-state index contributed by atoms with van der Waals surface area (Å²) in [4.78, 5) is 17.2. The first-order chi connectivity index (χ1) is 23.0. The predicted octanol–water partition coefficient (Wildman–Crippen LogP) is 8.39. The zero-order valence-corrected chi connectivity index (χ0v) is 26.3. The summed E-state index contributed by atoms with van der Waals surface area (Å²) in [5.41, 5.74) is 5.77. The summed E-state index contributed by atoms with van der Waals surface area (Å²) < 4.78 is 25.8. The van der Waals surface area contributed by atoms with Gasteiger partial charge in [0.2, 0.25) is 0 Å². The molecule has 1 N–H and O–H groups in total. The Kier molecular flexibility index (Phi) is 9.20. The van der Waals surface area contributed by atoms with Crippen LogP contribution in [0.2, 0.25) is 0 Å². The summed E-state index contributed by atoms with van der Waals surface area (Å²) in [6.07, 6.45) is 0. The largest absolute Gasteiger partial charge is 0.497 e. The first-order valence-corrected chi connectivity index (χ1v) is 15.1. The number of nitrogens with zero attached hydrogens (tertiary/aromatic N) is 2. The monoisotopic (exact) mass is 626 g/mol. The molecule has 0 fully saturated rings. The topological polar surface area (TPSA) is 92.0 Å². The summed E-state index contributed by atoms with van der Waals surface area (Å²) in [5, 5.41) is 9.76. The van der Waals surface area contributed by atoms with E-state index in [2.05, 4.69) is 0 Å². The highest BCUT2D eigenvalue weighted by atomic mass is 16.5. The summed E-state index contributed by atoms with van der Waals surface area (Å²) in [6.45, 7) is 2.72. The van der Waals surface area contributed by atoms with E-state index in [0.717, 1.165) is 27.9 Å². The molecule has 1 heterocycles. The molecule has 8 heteroatoms. The van der Waals surface area contributed by atoms with E-state index in [1.54, 1.807) is 19.2 Å². The van der Waals surface area contributed by atoms with E-state index in [4.69, 9.17) is 23.9 Å². The van der Waals surface area contributed by atoms with Crippen molar-refractivity contribution in [3.63, 3.8) is 0 Å². The Morgan fingerprint density at radius 3 is 1.91 bits per heavy atom. The van der Waals surface area contributed by atoms with E-state index in [0.29, 0.717) is 47.7 Å². The Morgan fingerprint density at radius 1 is 0.681 bits per heavy atom. The molecule has 0 amide bonds. The third-order valence-corrected chi connectivity index (χ3v) is 7.83. The van der Waals surface area contributed by atoms with Crippen molar-refractivity contribution in [1.82, 2.24) is 9.55 Å². The molecular weight excluding hydrogens is 592 g/mol. The zero-order chi connectivity index (χ0) is 32.8. The molecule has 236 valence electrons. The number of aromatic carboxylic acids is 1. The lowest BCUT2D eigenvalue weighted by Crippen LogP contribution is -2.05. The van der Waals surface area contributed by atoms with Crippen molar-refractivity contribution in [1.29, 1.82) is 0 Å². The first-order valence-electron chi connectivity index (χ1n) is 15.1. The Labute approximate surface area is 273 Å². The molecule has 0 aliphatic rings. The number of carbonyl (C=O) groups is 1. The quantitative estimate of drug-likeness (QED) is 0.146. The van der Waals surface area contributed by atoms with Crippen molar-refractivity contribution in [2.75, 3.05) is 14.2 Å². The van der Waals surface area contributed by atoms with Gasteiger partial charge in [0.15, 0.2) is 0 Å². The second kappa shape index (κ2) is 14.0. The number of carboxylic acids is 1. The minimum Gasteiger partial charge on any atom is -0.497 e. The van der Waals surface area contributed by atoms with Gasteiger partial charge in [-0.2, -0.15) is 0 Å². The van der Waals surface area contributed by atoms with E-state index < -0.39 is 5.97 Å². The molecule has 47 heavy (non-hydrogen) atoms. The number of imidazole rings is 1. The van der Waals surface area contributed by atoms with Gasteiger partial charge < -0.3 is 24.1 Å². The molecule has 1 aromatic heterocycles. The summed E-state index contributed by atoms with van der Waals surface area (Å²) in [7, 11) is 3.08. The molecule has 6 rings (SSSR count). The number of methoxy groups -OCH3 is 2. The third kappa shape index (κ3) is 6.67. The van der Waals surface area contributed by atoms with Crippen LogP contribution in [0, 0.1) is 6.92 Å². The molecule has 0 radical (unpaired) electrons. The van der Waals surface area contributed by atoms with Crippen LogP contribution in [0.1, 0.15) is 27.2 Å². The highest BCUT2D eigenvalue weighted by Crippen LogP contribution is 2.41. The molecule has 0 aliphatic heterocycles. The van der Waals surface area contributed by atoms with E-state index in [1.807, 2.05) is 115 Å². The standard InChI is InChI=1S/C39H34N2O6/c1-26-37(33-23-30(44-2)19-21-35(33)47-25-28-14-8-5-9-15-28)40-38(41(26)29-18-20-32(39(42)43)36(22-29)45-3)31-16-10-11-17-34(31)46-24-27-12-6-4-7-13-27/h4-23H,24-25H2,1-3H3,(H,42,43). The molecule has 0 aliphatic carbocycles. The number of hydrogen-bond donors (Lipinski definition) is 1. The van der Waals surface area contributed by atoms with Crippen LogP contribution in [0.3, 0.4) is 0 Å². The van der Waals surface area contributed by atoms with Gasteiger partial charge in [0, 0.05) is 17.3 Å². The lowest BCUT2D eigenvalue weighted by Gasteiger charge is -2.16. The van der Waals surface area contributed by atoms with E-state index in [9.17, 15) is 9.90 Å². The van der Waals surface area contributed by atoms with E-state index >= 15 is 0 Å². The van der Waals surface area contributed by atoms with Crippen LogP contribution in [0.15, 0.2) is 121 Å². The number of rotatable bonds is 12. The molecule has 0 unspecified atom stereocenters. The van der Waals surface area contributed by atoms with Gasteiger partial charge in [0.05, 0.1) is 31.2 Å². The van der Waals surface area contributed by atoms with E-state index in [-0.39, 0.29) is 11.3 Å². The molecule has 8 nitrogen and oxygen atoms in total. The van der Waals surface area contributed by atoms with Crippen LogP contribution < -0.4 is 18.9 Å². The minimum atomic E-state index is -1.08. The van der Waals surface area contributed by atoms with Gasteiger partial charge >= 0.3 is 5.97 Å². The Bertz CT molecular complexity index is 2000. The lowest BCUT2D eigenvalue weighted by atomic mass is 10.1. The maximum Gasteiger partial charge on any atom is 0.339 e. The highest BCUT2D eigenvalue weighted by Gasteiger charge is 2.24. The summed E-state index contributed by atoms with van der Waals surface area (Å²) >= 11 is 0. The van der Waals surface area contributed by atoms with Gasteiger partial charge in [-0.1, -0.05) is 72.8 Å². The minimum absolute atomic E-state index is 0.0618. The Hall–Kier alpha value is -6.02. The van der Waals surface area contributed by atoms with Crippen LogP contribution in [-0.2, 0) is 13.2 Å². The van der Waals surface area contributed by atoms with Gasteiger partial charge in [0.25, 0.3) is 0 Å². The second-order valence-corrected chi connectivity index (χ2v) is 10.8. The average molecular weight is 627 g/mol. The van der Waals surface area contributed by atoms with Crippen LogP contribution in [0.4, 0.5) is 0 Å². The molecule has 0 bridgehead atoms. The smallest absolute Gasteiger partial charge is 0.339 e. The fraction of sp³-hybridized carbons (Fsp3) is 0.128. The number of benzene rings is 5. The van der Waals surface area contributed by atoms with Crippen LogP contribution in [-0.4, -0.2) is 34.8 Å². The molecule has 0 spiro atoms. The molecular formula is C39H34N2O6. The first kappa shape index (κ1) is 31.0. The van der Waals surface area contributed by atoms with Gasteiger partial charge in [-0.15, -0.1) is 0 Å². The van der Waals surface area contributed by atoms with Gasteiger partial charge in [-0.3, -0.25) is 4.57 Å².